The summed E-state index contributed by atoms with van der Waals surface area (Å²) in [7, 11) is 0. The van der Waals surface area contributed by atoms with Crippen LogP contribution in [0, 0.1) is 5.82 Å². The van der Waals surface area contributed by atoms with Gasteiger partial charge in [0.05, 0.1) is 6.04 Å². The minimum atomic E-state index is -0.240. The van der Waals surface area contributed by atoms with Gasteiger partial charge in [-0.25, -0.2) is 4.39 Å². The molecule has 0 saturated carbocycles. The lowest BCUT2D eigenvalue weighted by atomic mass is 9.99. The molecule has 1 unspecified atom stereocenters. The third kappa shape index (κ3) is 3.16. The molecule has 3 N–H and O–H groups in total. The molecule has 2 rings (SSSR count). The van der Waals surface area contributed by atoms with E-state index >= 15 is 0 Å². The Kier molecular flexibility index (Phi) is 4.47. The summed E-state index contributed by atoms with van der Waals surface area (Å²) in [6.45, 7) is 0. The Labute approximate surface area is 114 Å². The number of rotatable bonds is 4. The second-order valence-electron chi connectivity index (χ2n) is 4.07. The number of benzene rings is 2. The van der Waals surface area contributed by atoms with Crippen LogP contribution in [0.2, 0.25) is 0 Å². The first kappa shape index (κ1) is 13.2. The monoisotopic (exact) mass is 308 g/mol. The lowest BCUT2D eigenvalue weighted by Gasteiger charge is -2.17. The zero-order chi connectivity index (χ0) is 13.0. The van der Waals surface area contributed by atoms with Crippen LogP contribution in [0.5, 0.6) is 0 Å². The van der Waals surface area contributed by atoms with Crippen molar-refractivity contribution in [1.29, 1.82) is 0 Å². The van der Waals surface area contributed by atoms with Crippen molar-refractivity contribution in [3.8, 4) is 0 Å². The van der Waals surface area contributed by atoms with Crippen LogP contribution in [0.15, 0.2) is 53.0 Å². The van der Waals surface area contributed by atoms with Gasteiger partial charge in [0.15, 0.2) is 0 Å². The number of nitrogens with two attached hydrogens (primary N) is 1. The van der Waals surface area contributed by atoms with Gasteiger partial charge in [0.25, 0.3) is 0 Å². The molecule has 4 heteroatoms. The Morgan fingerprint density at radius 3 is 2.39 bits per heavy atom. The summed E-state index contributed by atoms with van der Waals surface area (Å²) in [4.78, 5) is 0. The summed E-state index contributed by atoms with van der Waals surface area (Å²) in [6.07, 6.45) is 0.740. The predicted molar refractivity (Wildman–Crippen MR) is 74.3 cm³/mol. The van der Waals surface area contributed by atoms with Crippen LogP contribution in [-0.4, -0.2) is 0 Å². The van der Waals surface area contributed by atoms with E-state index in [0.29, 0.717) is 0 Å². The molecule has 0 aliphatic heterocycles. The van der Waals surface area contributed by atoms with Crippen LogP contribution >= 0.6 is 15.9 Å². The fourth-order valence-electron chi connectivity index (χ4n) is 1.85. The van der Waals surface area contributed by atoms with Gasteiger partial charge in [0, 0.05) is 4.47 Å². The summed E-state index contributed by atoms with van der Waals surface area (Å²) < 4.78 is 13.9. The Hall–Kier alpha value is -1.23. The van der Waals surface area contributed by atoms with Crippen LogP contribution in [0.25, 0.3) is 0 Å². The first-order valence-corrected chi connectivity index (χ1v) is 6.45. The molecule has 2 nitrogen and oxygen atoms in total. The van der Waals surface area contributed by atoms with E-state index in [9.17, 15) is 4.39 Å². The van der Waals surface area contributed by atoms with Gasteiger partial charge in [-0.2, -0.15) is 0 Å². The molecule has 18 heavy (non-hydrogen) atoms. The van der Waals surface area contributed by atoms with Crippen LogP contribution in [-0.2, 0) is 6.42 Å². The molecule has 0 bridgehead atoms. The SMILES string of the molecule is NNC(Cc1ccccc1Br)c1ccc(F)cc1. The highest BCUT2D eigenvalue weighted by atomic mass is 79.9. The minimum absolute atomic E-state index is 0.0377. The summed E-state index contributed by atoms with van der Waals surface area (Å²) in [6, 6.07) is 14.3. The van der Waals surface area contributed by atoms with Crippen LogP contribution in [0.1, 0.15) is 17.2 Å². The maximum Gasteiger partial charge on any atom is 0.123 e. The molecule has 0 heterocycles. The molecule has 0 aromatic heterocycles. The average molecular weight is 309 g/mol. The fraction of sp³-hybridized carbons (Fsp3) is 0.143. The maximum atomic E-state index is 12.9. The molecule has 0 fully saturated rings. The summed E-state index contributed by atoms with van der Waals surface area (Å²) in [5.74, 6) is 5.34. The van der Waals surface area contributed by atoms with E-state index in [1.165, 1.54) is 12.1 Å². The molecule has 94 valence electrons. The summed E-state index contributed by atoms with van der Waals surface area (Å²) >= 11 is 3.51. The third-order valence-electron chi connectivity index (χ3n) is 2.86. The van der Waals surface area contributed by atoms with E-state index < -0.39 is 0 Å². The van der Waals surface area contributed by atoms with Gasteiger partial charge in [-0.1, -0.05) is 46.3 Å². The maximum absolute atomic E-state index is 12.9. The second kappa shape index (κ2) is 6.09. The highest BCUT2D eigenvalue weighted by molar-refractivity contribution is 9.10. The quantitative estimate of drug-likeness (QED) is 0.671. The number of nitrogens with one attached hydrogen (secondary N) is 1. The zero-order valence-electron chi connectivity index (χ0n) is 9.74. The molecule has 1 atom stereocenters. The van der Waals surface area contributed by atoms with Crippen molar-refractivity contribution in [1.82, 2.24) is 5.43 Å². The number of hydrogen-bond acceptors (Lipinski definition) is 2. The Morgan fingerprint density at radius 2 is 1.78 bits per heavy atom. The highest BCUT2D eigenvalue weighted by Crippen LogP contribution is 2.23. The smallest absolute Gasteiger partial charge is 0.123 e. The number of hydrazine groups is 1. The van der Waals surface area contributed by atoms with Gasteiger partial charge in [0.1, 0.15) is 5.82 Å². The normalized spacial score (nSPS) is 12.4. The van der Waals surface area contributed by atoms with E-state index in [1.54, 1.807) is 12.1 Å². The fourth-order valence-corrected chi connectivity index (χ4v) is 2.30. The van der Waals surface area contributed by atoms with Gasteiger partial charge < -0.3 is 0 Å². The molecule has 0 radical (unpaired) electrons. The number of halogens is 2. The molecule has 0 amide bonds. The van der Waals surface area contributed by atoms with Gasteiger partial charge >= 0.3 is 0 Å². The lowest BCUT2D eigenvalue weighted by Crippen LogP contribution is -2.29. The van der Waals surface area contributed by atoms with Crippen LogP contribution in [0.3, 0.4) is 0 Å². The topological polar surface area (TPSA) is 38.0 Å². The van der Waals surface area contributed by atoms with E-state index in [2.05, 4.69) is 21.4 Å². The first-order chi connectivity index (χ1) is 8.70. The summed E-state index contributed by atoms with van der Waals surface area (Å²) in [5, 5.41) is 0. The Bertz CT molecular complexity index is 513. The highest BCUT2D eigenvalue weighted by Gasteiger charge is 2.12. The van der Waals surface area contributed by atoms with Crippen molar-refractivity contribution >= 4 is 15.9 Å². The van der Waals surface area contributed by atoms with E-state index in [-0.39, 0.29) is 11.9 Å². The Morgan fingerprint density at radius 1 is 1.11 bits per heavy atom. The van der Waals surface area contributed by atoms with Crippen molar-refractivity contribution in [3.05, 3.63) is 69.9 Å². The predicted octanol–water partition coefficient (Wildman–Crippen LogP) is 3.34. The molecule has 0 aliphatic carbocycles. The van der Waals surface area contributed by atoms with E-state index in [1.807, 2.05) is 24.3 Å². The van der Waals surface area contributed by atoms with Gasteiger partial charge in [-0.15, -0.1) is 0 Å². The molecular weight excluding hydrogens is 295 g/mol. The van der Waals surface area contributed by atoms with Crippen LogP contribution in [0.4, 0.5) is 4.39 Å². The lowest BCUT2D eigenvalue weighted by molar-refractivity contribution is 0.548. The van der Waals surface area contributed by atoms with Gasteiger partial charge in [-0.05, 0) is 35.7 Å². The standard InChI is InChI=1S/C14H14BrFN2/c15-13-4-2-1-3-11(13)9-14(18-17)10-5-7-12(16)8-6-10/h1-8,14,18H,9,17H2. The van der Waals surface area contributed by atoms with Crippen molar-refractivity contribution in [2.24, 2.45) is 5.84 Å². The largest absolute Gasteiger partial charge is 0.271 e. The molecule has 2 aromatic carbocycles. The van der Waals surface area contributed by atoms with Crippen molar-refractivity contribution < 1.29 is 4.39 Å². The van der Waals surface area contributed by atoms with Gasteiger partial charge in [-0.3, -0.25) is 11.3 Å². The molecule has 0 spiro atoms. The Balaban J connectivity index is 2.20. The van der Waals surface area contributed by atoms with Gasteiger partial charge in [0.2, 0.25) is 0 Å². The van der Waals surface area contributed by atoms with E-state index in [4.69, 9.17) is 5.84 Å². The first-order valence-electron chi connectivity index (χ1n) is 5.65. The van der Waals surface area contributed by atoms with Crippen molar-refractivity contribution in [3.63, 3.8) is 0 Å². The van der Waals surface area contributed by atoms with Crippen molar-refractivity contribution in [2.75, 3.05) is 0 Å². The average Bonchev–Trinajstić information content (AvgIpc) is 2.39. The molecular formula is C14H14BrFN2. The molecule has 0 aliphatic rings. The van der Waals surface area contributed by atoms with Crippen LogP contribution < -0.4 is 11.3 Å². The van der Waals surface area contributed by atoms with Crippen molar-refractivity contribution in [2.45, 2.75) is 12.5 Å². The zero-order valence-corrected chi connectivity index (χ0v) is 11.3. The minimum Gasteiger partial charge on any atom is -0.271 e. The second-order valence-corrected chi connectivity index (χ2v) is 4.92. The number of hydrogen-bond donors (Lipinski definition) is 2. The summed E-state index contributed by atoms with van der Waals surface area (Å²) in [5.41, 5.74) is 4.89. The van der Waals surface area contributed by atoms with E-state index in [0.717, 1.165) is 22.0 Å². The molecule has 2 aromatic rings. The third-order valence-corrected chi connectivity index (χ3v) is 3.63. The molecule has 0 saturated heterocycles.